The van der Waals surface area contributed by atoms with E-state index in [1.165, 1.54) is 5.56 Å². The summed E-state index contributed by atoms with van der Waals surface area (Å²) in [6, 6.07) is 10.4. The number of rotatable bonds is 2. The van der Waals surface area contributed by atoms with Crippen molar-refractivity contribution in [1.82, 2.24) is 4.90 Å². The number of hydrogen-bond donors (Lipinski definition) is 2. The first-order valence-corrected chi connectivity index (χ1v) is 8.42. The Hall–Kier alpha value is -1.10. The Morgan fingerprint density at radius 2 is 1.74 bits per heavy atom. The molecular weight excluding hydrogens is 312 g/mol. The summed E-state index contributed by atoms with van der Waals surface area (Å²) in [6.07, 6.45) is 3.63. The zero-order valence-corrected chi connectivity index (χ0v) is 14.3. The molecule has 1 aromatic rings. The number of piperidine rings is 1. The van der Waals surface area contributed by atoms with Gasteiger partial charge in [0.1, 0.15) is 0 Å². The number of hydrogen-bond acceptors (Lipinski definition) is 3. The molecule has 0 bridgehead atoms. The van der Waals surface area contributed by atoms with Crippen molar-refractivity contribution in [1.29, 1.82) is 0 Å². The first-order valence-electron chi connectivity index (χ1n) is 8.42. The van der Waals surface area contributed by atoms with Gasteiger partial charge in [-0.05, 0) is 43.6 Å². The molecule has 4 nitrogen and oxygen atoms in total. The first-order chi connectivity index (χ1) is 10.6. The number of aliphatic hydroxyl groups is 1. The van der Waals surface area contributed by atoms with Crippen LogP contribution in [0, 0.1) is 5.92 Å². The van der Waals surface area contributed by atoms with Crippen LogP contribution < -0.4 is 5.73 Å². The second kappa shape index (κ2) is 8.13. The van der Waals surface area contributed by atoms with Crippen LogP contribution in [-0.2, 0) is 4.79 Å². The predicted octanol–water partition coefficient (Wildman–Crippen LogP) is 2.30. The van der Waals surface area contributed by atoms with Gasteiger partial charge >= 0.3 is 0 Å². The van der Waals surface area contributed by atoms with Gasteiger partial charge in [-0.1, -0.05) is 30.3 Å². The third-order valence-corrected chi connectivity index (χ3v) is 5.30. The maximum absolute atomic E-state index is 12.6. The smallest absolute Gasteiger partial charge is 0.225 e. The SMILES string of the molecule is Cl.N[C@@H]1CC[C@H](C(=O)N2CCC(c3ccccc3)CC2)C[C@H]1O. The average molecular weight is 339 g/mol. The Balaban J connectivity index is 0.00000192. The molecule has 1 aromatic carbocycles. The fourth-order valence-electron chi connectivity index (χ4n) is 3.81. The van der Waals surface area contributed by atoms with Crippen molar-refractivity contribution < 1.29 is 9.90 Å². The van der Waals surface area contributed by atoms with Crippen LogP contribution >= 0.6 is 12.4 Å². The van der Waals surface area contributed by atoms with Crippen LogP contribution in [0.3, 0.4) is 0 Å². The molecule has 1 aliphatic carbocycles. The molecule has 0 aromatic heterocycles. The van der Waals surface area contributed by atoms with Crippen LogP contribution in [0.5, 0.6) is 0 Å². The molecule has 1 amide bonds. The van der Waals surface area contributed by atoms with Crippen molar-refractivity contribution in [2.24, 2.45) is 11.7 Å². The summed E-state index contributed by atoms with van der Waals surface area (Å²) in [7, 11) is 0. The fourth-order valence-corrected chi connectivity index (χ4v) is 3.81. The van der Waals surface area contributed by atoms with Crippen molar-refractivity contribution >= 4 is 18.3 Å². The number of carbonyl (C=O) groups excluding carboxylic acids is 1. The van der Waals surface area contributed by atoms with Gasteiger partial charge in [0, 0.05) is 25.0 Å². The van der Waals surface area contributed by atoms with E-state index in [1.54, 1.807) is 0 Å². The summed E-state index contributed by atoms with van der Waals surface area (Å²) < 4.78 is 0. The largest absolute Gasteiger partial charge is 0.391 e. The maximum atomic E-state index is 12.6. The summed E-state index contributed by atoms with van der Waals surface area (Å²) >= 11 is 0. The minimum absolute atomic E-state index is 0. The van der Waals surface area contributed by atoms with Crippen LogP contribution in [-0.4, -0.2) is 41.1 Å². The molecule has 2 fully saturated rings. The zero-order valence-electron chi connectivity index (χ0n) is 13.4. The highest BCUT2D eigenvalue weighted by Gasteiger charge is 2.34. The third kappa shape index (κ3) is 4.25. The van der Waals surface area contributed by atoms with Crippen LogP contribution in [0.25, 0.3) is 0 Å². The van der Waals surface area contributed by atoms with Crippen LogP contribution in [0.1, 0.15) is 43.6 Å². The molecule has 0 spiro atoms. The number of nitrogens with two attached hydrogens (primary N) is 1. The lowest BCUT2D eigenvalue weighted by molar-refractivity contribution is -0.139. The molecule has 1 aliphatic heterocycles. The second-order valence-electron chi connectivity index (χ2n) is 6.75. The Morgan fingerprint density at radius 3 is 2.35 bits per heavy atom. The molecule has 128 valence electrons. The molecule has 1 saturated heterocycles. The van der Waals surface area contributed by atoms with Gasteiger partial charge < -0.3 is 15.7 Å². The summed E-state index contributed by atoms with van der Waals surface area (Å²) in [6.45, 7) is 1.66. The van der Waals surface area contributed by atoms with E-state index in [1.807, 2.05) is 11.0 Å². The van der Waals surface area contributed by atoms with Crippen LogP contribution in [0.15, 0.2) is 30.3 Å². The number of amides is 1. The monoisotopic (exact) mass is 338 g/mol. The molecule has 2 aliphatic rings. The molecule has 0 unspecified atom stereocenters. The summed E-state index contributed by atoms with van der Waals surface area (Å²) in [5, 5.41) is 9.89. The summed E-state index contributed by atoms with van der Waals surface area (Å²) in [4.78, 5) is 14.6. The second-order valence-corrected chi connectivity index (χ2v) is 6.75. The van der Waals surface area contributed by atoms with Crippen molar-refractivity contribution in [3.63, 3.8) is 0 Å². The lowest BCUT2D eigenvalue weighted by Gasteiger charge is -2.37. The zero-order chi connectivity index (χ0) is 15.5. The van der Waals surface area contributed by atoms with Gasteiger partial charge in [-0.15, -0.1) is 12.4 Å². The van der Waals surface area contributed by atoms with Gasteiger partial charge in [-0.25, -0.2) is 0 Å². The molecular formula is C18H27ClN2O2. The van der Waals surface area contributed by atoms with E-state index in [4.69, 9.17) is 5.73 Å². The fraction of sp³-hybridized carbons (Fsp3) is 0.611. The highest BCUT2D eigenvalue weighted by atomic mass is 35.5. The highest BCUT2D eigenvalue weighted by molar-refractivity contribution is 5.85. The van der Waals surface area contributed by atoms with Gasteiger partial charge in [0.05, 0.1) is 6.10 Å². The van der Waals surface area contributed by atoms with Crippen LogP contribution in [0.2, 0.25) is 0 Å². The van der Waals surface area contributed by atoms with Gasteiger partial charge in [0.15, 0.2) is 0 Å². The Kier molecular flexibility index (Phi) is 6.45. The maximum Gasteiger partial charge on any atom is 0.225 e. The van der Waals surface area contributed by atoms with Crippen molar-refractivity contribution in [3.05, 3.63) is 35.9 Å². The molecule has 0 radical (unpaired) electrons. The van der Waals surface area contributed by atoms with E-state index < -0.39 is 6.10 Å². The summed E-state index contributed by atoms with van der Waals surface area (Å²) in [5.74, 6) is 0.746. The number of halogens is 1. The van der Waals surface area contributed by atoms with E-state index >= 15 is 0 Å². The molecule has 3 atom stereocenters. The molecule has 3 N–H and O–H groups in total. The van der Waals surface area contributed by atoms with Gasteiger partial charge in [-0.3, -0.25) is 4.79 Å². The van der Waals surface area contributed by atoms with Crippen molar-refractivity contribution in [3.8, 4) is 0 Å². The highest BCUT2D eigenvalue weighted by Crippen LogP contribution is 2.31. The number of benzene rings is 1. The topological polar surface area (TPSA) is 66.6 Å². The lowest BCUT2D eigenvalue weighted by atomic mass is 9.82. The van der Waals surface area contributed by atoms with E-state index in [0.29, 0.717) is 12.3 Å². The van der Waals surface area contributed by atoms with Gasteiger partial charge in [-0.2, -0.15) is 0 Å². The normalized spacial score (nSPS) is 29.0. The standard InChI is InChI=1S/C18H26N2O2.ClH/c19-16-7-6-15(12-17(16)21)18(22)20-10-8-14(9-11-20)13-4-2-1-3-5-13;/h1-5,14-17,21H,6-12,19H2;1H/t15-,16+,17+;/m0./s1. The van der Waals surface area contributed by atoms with E-state index in [9.17, 15) is 9.90 Å². The van der Waals surface area contributed by atoms with Crippen molar-refractivity contribution in [2.75, 3.05) is 13.1 Å². The molecule has 23 heavy (non-hydrogen) atoms. The van der Waals surface area contributed by atoms with Crippen molar-refractivity contribution in [2.45, 2.75) is 50.2 Å². The van der Waals surface area contributed by atoms with E-state index in [2.05, 4.69) is 24.3 Å². The number of likely N-dealkylation sites (tertiary alicyclic amines) is 1. The third-order valence-electron chi connectivity index (χ3n) is 5.30. The quantitative estimate of drug-likeness (QED) is 0.869. The summed E-state index contributed by atoms with van der Waals surface area (Å²) in [5.41, 5.74) is 7.21. The van der Waals surface area contributed by atoms with Gasteiger partial charge in [0.25, 0.3) is 0 Å². The van der Waals surface area contributed by atoms with E-state index in [-0.39, 0.29) is 30.3 Å². The van der Waals surface area contributed by atoms with E-state index in [0.717, 1.165) is 38.8 Å². The first kappa shape index (κ1) is 18.2. The molecule has 1 saturated carbocycles. The molecule has 5 heteroatoms. The number of carbonyl (C=O) groups is 1. The molecule has 3 rings (SSSR count). The molecule has 1 heterocycles. The minimum atomic E-state index is -0.524. The number of nitrogens with zero attached hydrogens (tertiary/aromatic N) is 1. The average Bonchev–Trinajstić information content (AvgIpc) is 2.58. The Labute approximate surface area is 144 Å². The lowest BCUT2D eigenvalue weighted by Crippen LogP contribution is -2.47. The Bertz CT molecular complexity index is 503. The van der Waals surface area contributed by atoms with Crippen LogP contribution in [0.4, 0.5) is 0 Å². The number of aliphatic hydroxyl groups excluding tert-OH is 1. The predicted molar refractivity (Wildman–Crippen MR) is 93.6 cm³/mol. The minimum Gasteiger partial charge on any atom is -0.391 e. The Morgan fingerprint density at radius 1 is 1.09 bits per heavy atom. The van der Waals surface area contributed by atoms with Gasteiger partial charge in [0.2, 0.25) is 5.91 Å².